The Morgan fingerprint density at radius 1 is 0.895 bits per heavy atom. The average Bonchev–Trinajstić information content (AvgIpc) is 3.20. The van der Waals surface area contributed by atoms with E-state index in [0.29, 0.717) is 29.0 Å². The number of ketones is 1. The number of nitrogens with zero attached hydrogens (tertiary/aromatic N) is 1. The number of likely N-dealkylation sites (tertiary alicyclic amines) is 1. The number of aryl methyl sites for hydroxylation is 2. The van der Waals surface area contributed by atoms with Crippen molar-refractivity contribution >= 4 is 17.4 Å². The molecular weight excluding hydrogens is 482 g/mol. The first kappa shape index (κ1) is 25.4. The fourth-order valence-corrected chi connectivity index (χ4v) is 5.44. The van der Waals surface area contributed by atoms with Crippen molar-refractivity contribution in [1.29, 1.82) is 0 Å². The zero-order valence-electron chi connectivity index (χ0n) is 21.6. The molecule has 1 aliphatic heterocycles. The number of aliphatic hydroxyl groups excluding tert-OH is 1. The maximum Gasteiger partial charge on any atom is 0.295 e. The number of carbonyl (C=O) groups excluding carboxylic acids is 2. The number of ether oxygens (including phenoxy) is 2. The van der Waals surface area contributed by atoms with E-state index < -0.39 is 17.7 Å². The van der Waals surface area contributed by atoms with Crippen molar-refractivity contribution in [3.05, 3.63) is 94.1 Å². The van der Waals surface area contributed by atoms with Gasteiger partial charge in [0.25, 0.3) is 11.7 Å². The second-order valence-electron chi connectivity index (χ2n) is 9.71. The Labute approximate surface area is 221 Å². The van der Waals surface area contributed by atoms with Crippen LogP contribution in [0.1, 0.15) is 46.7 Å². The topological polar surface area (TPSA) is 96.3 Å². The lowest BCUT2D eigenvalue weighted by atomic mass is 9.88. The summed E-state index contributed by atoms with van der Waals surface area (Å²) in [5, 5.41) is 21.3. The first-order chi connectivity index (χ1) is 18.4. The van der Waals surface area contributed by atoms with Gasteiger partial charge in [-0.25, -0.2) is 0 Å². The van der Waals surface area contributed by atoms with E-state index in [1.54, 1.807) is 32.4 Å². The summed E-state index contributed by atoms with van der Waals surface area (Å²) < 4.78 is 10.7. The van der Waals surface area contributed by atoms with E-state index in [1.807, 2.05) is 30.3 Å². The van der Waals surface area contributed by atoms with Crippen LogP contribution < -0.4 is 9.47 Å². The minimum Gasteiger partial charge on any atom is -0.508 e. The van der Waals surface area contributed by atoms with Crippen LogP contribution in [0.15, 0.2) is 66.2 Å². The molecule has 1 heterocycles. The van der Waals surface area contributed by atoms with E-state index in [4.69, 9.17) is 9.47 Å². The van der Waals surface area contributed by atoms with Gasteiger partial charge in [0, 0.05) is 12.1 Å². The number of benzene rings is 3. The Morgan fingerprint density at radius 2 is 1.61 bits per heavy atom. The maximum atomic E-state index is 13.4. The Morgan fingerprint density at radius 3 is 2.32 bits per heavy atom. The Hall–Kier alpha value is -4.26. The lowest BCUT2D eigenvalue weighted by molar-refractivity contribution is -0.139. The fraction of sp³-hybridized carbons (Fsp3) is 0.290. The Balaban J connectivity index is 1.53. The van der Waals surface area contributed by atoms with Crippen LogP contribution >= 0.6 is 0 Å². The van der Waals surface area contributed by atoms with Gasteiger partial charge >= 0.3 is 0 Å². The molecule has 0 aromatic heterocycles. The van der Waals surface area contributed by atoms with Gasteiger partial charge in [-0.2, -0.15) is 0 Å². The van der Waals surface area contributed by atoms with E-state index in [0.717, 1.165) is 31.2 Å². The number of amides is 1. The summed E-state index contributed by atoms with van der Waals surface area (Å²) >= 11 is 0. The van der Waals surface area contributed by atoms with Crippen LogP contribution in [-0.4, -0.2) is 47.6 Å². The highest BCUT2D eigenvalue weighted by atomic mass is 16.5. The second kappa shape index (κ2) is 10.6. The minimum atomic E-state index is -0.785. The molecule has 1 saturated heterocycles. The molecule has 2 N–H and O–H groups in total. The molecule has 1 aliphatic carbocycles. The molecule has 196 valence electrons. The van der Waals surface area contributed by atoms with Crippen molar-refractivity contribution in [2.75, 3.05) is 20.8 Å². The van der Waals surface area contributed by atoms with Crippen molar-refractivity contribution in [1.82, 2.24) is 4.90 Å². The Kier molecular flexibility index (Phi) is 7.09. The fourth-order valence-electron chi connectivity index (χ4n) is 5.44. The third kappa shape index (κ3) is 4.72. The van der Waals surface area contributed by atoms with Crippen LogP contribution in [0.2, 0.25) is 0 Å². The summed E-state index contributed by atoms with van der Waals surface area (Å²) in [6, 6.07) is 16.9. The largest absolute Gasteiger partial charge is 0.508 e. The molecule has 5 rings (SSSR count). The number of hydrogen-bond acceptors (Lipinski definition) is 6. The summed E-state index contributed by atoms with van der Waals surface area (Å²) in [6.45, 7) is 0.243. The molecule has 1 unspecified atom stereocenters. The number of phenols is 1. The number of carbonyl (C=O) groups is 2. The smallest absolute Gasteiger partial charge is 0.295 e. The predicted octanol–water partition coefficient (Wildman–Crippen LogP) is 4.95. The maximum absolute atomic E-state index is 13.4. The second-order valence-corrected chi connectivity index (χ2v) is 9.71. The van der Waals surface area contributed by atoms with Gasteiger partial charge in [-0.3, -0.25) is 9.59 Å². The molecule has 2 aliphatic rings. The Bertz CT molecular complexity index is 1410. The SMILES string of the molecule is COc1ccc(CCN2C(=O)C(=O)/C(=C(\O)c3ccc4c(c3)CCCC4)C2c2ccc(O)cc2)cc1OC. The lowest BCUT2D eigenvalue weighted by Gasteiger charge is -2.25. The van der Waals surface area contributed by atoms with E-state index in [2.05, 4.69) is 0 Å². The number of aliphatic hydroxyl groups is 1. The van der Waals surface area contributed by atoms with Gasteiger partial charge in [-0.05, 0) is 84.7 Å². The van der Waals surface area contributed by atoms with E-state index >= 15 is 0 Å². The van der Waals surface area contributed by atoms with Gasteiger partial charge in [0.05, 0.1) is 25.8 Å². The molecule has 0 spiro atoms. The molecule has 38 heavy (non-hydrogen) atoms. The van der Waals surface area contributed by atoms with E-state index in [-0.39, 0.29) is 23.6 Å². The highest BCUT2D eigenvalue weighted by molar-refractivity contribution is 6.46. The van der Waals surface area contributed by atoms with Crippen LogP contribution in [0.4, 0.5) is 0 Å². The van der Waals surface area contributed by atoms with Crippen LogP contribution in [0, 0.1) is 0 Å². The minimum absolute atomic E-state index is 0.0590. The van der Waals surface area contributed by atoms with Gasteiger partial charge in [0.15, 0.2) is 11.5 Å². The van der Waals surface area contributed by atoms with Crippen molar-refractivity contribution in [2.24, 2.45) is 0 Å². The zero-order valence-corrected chi connectivity index (χ0v) is 21.6. The number of phenolic OH excluding ortho intramolecular Hbond substituents is 1. The quantitative estimate of drug-likeness (QED) is 0.264. The van der Waals surface area contributed by atoms with Crippen LogP contribution in [0.25, 0.3) is 5.76 Å². The molecule has 3 aromatic rings. The lowest BCUT2D eigenvalue weighted by Crippen LogP contribution is -2.31. The highest BCUT2D eigenvalue weighted by Gasteiger charge is 2.45. The summed E-state index contributed by atoms with van der Waals surface area (Å²) in [5.74, 6) is -0.303. The molecular formula is C31H31NO6. The van der Waals surface area contributed by atoms with Crippen LogP contribution in [0.5, 0.6) is 17.2 Å². The molecule has 7 heteroatoms. The highest BCUT2D eigenvalue weighted by Crippen LogP contribution is 2.40. The molecule has 1 atom stereocenters. The summed E-state index contributed by atoms with van der Waals surface area (Å²) in [4.78, 5) is 28.2. The summed E-state index contributed by atoms with van der Waals surface area (Å²) in [6.07, 6.45) is 4.62. The number of methoxy groups -OCH3 is 2. The van der Waals surface area contributed by atoms with E-state index in [9.17, 15) is 19.8 Å². The van der Waals surface area contributed by atoms with Crippen molar-refractivity contribution in [3.63, 3.8) is 0 Å². The van der Waals surface area contributed by atoms with Crippen LogP contribution in [0.3, 0.4) is 0 Å². The number of rotatable bonds is 7. The first-order valence-electron chi connectivity index (χ1n) is 12.8. The molecule has 3 aromatic carbocycles. The van der Waals surface area contributed by atoms with Crippen LogP contribution in [-0.2, 0) is 28.9 Å². The van der Waals surface area contributed by atoms with Gasteiger partial charge in [0.1, 0.15) is 11.5 Å². The molecule has 0 bridgehead atoms. The summed E-state index contributed by atoms with van der Waals surface area (Å²) in [5.41, 5.74) is 4.57. The number of Topliss-reactive ketones (excluding diaryl/α,β-unsaturated/α-hetero) is 1. The first-order valence-corrected chi connectivity index (χ1v) is 12.8. The zero-order chi connectivity index (χ0) is 26.8. The number of hydrogen-bond donors (Lipinski definition) is 2. The standard InChI is InChI=1S/C31H31NO6/c1-37-25-14-7-19(17-26(25)38-2)15-16-32-28(21-10-12-24(33)13-11-21)27(30(35)31(32)36)29(34)23-9-8-20-5-3-4-6-22(20)18-23/h7-14,17-18,28,33-34H,3-6,15-16H2,1-2H3/b29-27-. The normalized spacial score (nSPS) is 18.4. The van der Waals surface area contributed by atoms with Crippen molar-refractivity contribution < 1.29 is 29.3 Å². The number of aromatic hydroxyl groups is 1. The molecule has 1 amide bonds. The monoisotopic (exact) mass is 513 g/mol. The van der Waals surface area contributed by atoms with Gasteiger partial charge in [0.2, 0.25) is 0 Å². The predicted molar refractivity (Wildman–Crippen MR) is 143 cm³/mol. The number of fused-ring (bicyclic) bond motifs is 1. The average molecular weight is 514 g/mol. The van der Waals surface area contributed by atoms with Gasteiger partial charge in [-0.1, -0.05) is 30.3 Å². The molecule has 7 nitrogen and oxygen atoms in total. The van der Waals surface area contributed by atoms with Gasteiger partial charge < -0.3 is 24.6 Å². The van der Waals surface area contributed by atoms with Gasteiger partial charge in [-0.15, -0.1) is 0 Å². The third-order valence-corrected chi connectivity index (χ3v) is 7.46. The molecule has 0 saturated carbocycles. The van der Waals surface area contributed by atoms with Crippen molar-refractivity contribution in [2.45, 2.75) is 38.1 Å². The molecule has 0 radical (unpaired) electrons. The van der Waals surface area contributed by atoms with E-state index in [1.165, 1.54) is 28.2 Å². The molecule has 1 fully saturated rings. The third-order valence-electron chi connectivity index (χ3n) is 7.46. The summed E-state index contributed by atoms with van der Waals surface area (Å²) in [7, 11) is 3.13. The van der Waals surface area contributed by atoms with Crippen molar-refractivity contribution in [3.8, 4) is 17.2 Å².